The van der Waals surface area contributed by atoms with E-state index < -0.39 is 5.69 Å². The Labute approximate surface area is 149 Å². The predicted molar refractivity (Wildman–Crippen MR) is 100 cm³/mol. The number of ether oxygens (including phenoxy) is 1. The Morgan fingerprint density at radius 1 is 1.27 bits per heavy atom. The second-order valence-electron chi connectivity index (χ2n) is 5.70. The van der Waals surface area contributed by atoms with Crippen molar-refractivity contribution in [2.24, 2.45) is 19.2 Å². The van der Waals surface area contributed by atoms with E-state index in [0.717, 1.165) is 11.3 Å². The zero-order chi connectivity index (χ0) is 18.8. The number of hydrogen-bond acceptors (Lipinski definition) is 6. The maximum absolute atomic E-state index is 12.5. The molecule has 0 atom stereocenters. The van der Waals surface area contributed by atoms with Crippen LogP contribution >= 0.6 is 0 Å². The minimum absolute atomic E-state index is 0.295. The van der Waals surface area contributed by atoms with Gasteiger partial charge in [-0.1, -0.05) is 12.1 Å². The average molecular weight is 356 g/mol. The van der Waals surface area contributed by atoms with Crippen molar-refractivity contribution >= 4 is 23.3 Å². The number of aryl methyl sites for hydroxylation is 2. The smallest absolute Gasteiger partial charge is 0.332 e. The highest BCUT2D eigenvalue weighted by atomic mass is 16.5. The highest BCUT2D eigenvalue weighted by Crippen LogP contribution is 2.14. The predicted octanol–water partition coefficient (Wildman–Crippen LogP) is 0.908. The van der Waals surface area contributed by atoms with Crippen LogP contribution in [0.15, 0.2) is 39.0 Å². The minimum atomic E-state index is -0.394. The van der Waals surface area contributed by atoms with Crippen LogP contribution in [0, 0.1) is 0 Å². The van der Waals surface area contributed by atoms with E-state index >= 15 is 0 Å². The molecule has 3 aromatic rings. The molecule has 1 aromatic carbocycles. The Morgan fingerprint density at radius 3 is 2.73 bits per heavy atom. The molecule has 136 valence electrons. The monoisotopic (exact) mass is 356 g/mol. The standard InChI is InChI=1S/C17H20N6O3/c1-5-23-15(24)13-14(22(3)17(23)25)19-16(21(13)2)20-18-10-11-7-6-8-12(9-11)26-4/h6-10H,5H2,1-4H3,(H,19,20)/b18-10+. The Bertz CT molecular complexity index is 1110. The molecule has 9 nitrogen and oxygen atoms in total. The molecule has 0 aliphatic rings. The summed E-state index contributed by atoms with van der Waals surface area (Å²) in [5.41, 5.74) is 3.55. The molecule has 26 heavy (non-hydrogen) atoms. The van der Waals surface area contributed by atoms with Gasteiger partial charge in [0.2, 0.25) is 5.95 Å². The van der Waals surface area contributed by atoms with E-state index in [2.05, 4.69) is 15.5 Å². The molecule has 0 unspecified atom stereocenters. The first-order valence-corrected chi connectivity index (χ1v) is 8.07. The lowest BCUT2D eigenvalue weighted by Crippen LogP contribution is -2.39. The van der Waals surface area contributed by atoms with Gasteiger partial charge in [-0.2, -0.15) is 10.1 Å². The summed E-state index contributed by atoms with van der Waals surface area (Å²) in [6, 6.07) is 7.42. The third-order valence-electron chi connectivity index (χ3n) is 4.15. The number of benzene rings is 1. The molecule has 0 fully saturated rings. The van der Waals surface area contributed by atoms with Crippen LogP contribution < -0.4 is 21.4 Å². The van der Waals surface area contributed by atoms with Crippen LogP contribution in [0.2, 0.25) is 0 Å². The number of hydrogen-bond donors (Lipinski definition) is 1. The molecule has 0 bridgehead atoms. The summed E-state index contributed by atoms with van der Waals surface area (Å²) < 4.78 is 9.29. The molecular weight excluding hydrogens is 336 g/mol. The van der Waals surface area contributed by atoms with Crippen molar-refractivity contribution in [1.29, 1.82) is 0 Å². The van der Waals surface area contributed by atoms with E-state index in [1.54, 1.807) is 38.9 Å². The number of aromatic nitrogens is 4. The number of fused-ring (bicyclic) bond motifs is 1. The summed E-state index contributed by atoms with van der Waals surface area (Å²) in [7, 11) is 4.89. The zero-order valence-corrected chi connectivity index (χ0v) is 15.1. The summed E-state index contributed by atoms with van der Waals surface area (Å²) in [6.45, 7) is 2.05. The number of hydrazone groups is 1. The number of nitrogens with one attached hydrogen (secondary N) is 1. The van der Waals surface area contributed by atoms with E-state index in [-0.39, 0.29) is 5.56 Å². The summed E-state index contributed by atoms with van der Waals surface area (Å²) >= 11 is 0. The fraction of sp³-hybridized carbons (Fsp3) is 0.294. The molecular formula is C17H20N6O3. The second-order valence-corrected chi connectivity index (χ2v) is 5.70. The molecule has 0 aliphatic carbocycles. The SMILES string of the molecule is CCn1c(=O)c2c(nc(N/N=C/c3cccc(OC)c3)n2C)n(C)c1=O. The highest BCUT2D eigenvalue weighted by molar-refractivity contribution is 5.81. The van der Waals surface area contributed by atoms with Gasteiger partial charge < -0.3 is 9.30 Å². The van der Waals surface area contributed by atoms with Crippen molar-refractivity contribution in [1.82, 2.24) is 18.7 Å². The minimum Gasteiger partial charge on any atom is -0.497 e. The van der Waals surface area contributed by atoms with Crippen LogP contribution in [0.1, 0.15) is 12.5 Å². The first-order chi connectivity index (χ1) is 12.5. The van der Waals surface area contributed by atoms with Crippen LogP contribution in [-0.2, 0) is 20.6 Å². The molecule has 0 saturated heterocycles. The highest BCUT2D eigenvalue weighted by Gasteiger charge is 2.17. The number of anilines is 1. The molecule has 0 saturated carbocycles. The van der Waals surface area contributed by atoms with E-state index in [1.807, 2.05) is 24.3 Å². The summed E-state index contributed by atoms with van der Waals surface area (Å²) in [5.74, 6) is 1.09. The number of methoxy groups -OCH3 is 1. The third-order valence-corrected chi connectivity index (χ3v) is 4.15. The van der Waals surface area contributed by atoms with Crippen LogP contribution in [0.25, 0.3) is 11.2 Å². The Balaban J connectivity index is 1.99. The van der Waals surface area contributed by atoms with Crippen molar-refractivity contribution in [3.63, 3.8) is 0 Å². The third kappa shape index (κ3) is 2.87. The largest absolute Gasteiger partial charge is 0.497 e. The molecule has 0 spiro atoms. The number of rotatable bonds is 5. The van der Waals surface area contributed by atoms with Gasteiger partial charge in [0.15, 0.2) is 11.2 Å². The van der Waals surface area contributed by atoms with Crippen molar-refractivity contribution < 1.29 is 4.74 Å². The van der Waals surface area contributed by atoms with Gasteiger partial charge in [-0.25, -0.2) is 10.2 Å². The van der Waals surface area contributed by atoms with Crippen molar-refractivity contribution in [3.8, 4) is 5.75 Å². The molecule has 1 N–H and O–H groups in total. The van der Waals surface area contributed by atoms with Crippen molar-refractivity contribution in [3.05, 3.63) is 50.7 Å². The quantitative estimate of drug-likeness (QED) is 0.541. The number of nitrogens with zero attached hydrogens (tertiary/aromatic N) is 5. The van der Waals surface area contributed by atoms with E-state index in [1.165, 1.54) is 9.13 Å². The van der Waals surface area contributed by atoms with Gasteiger partial charge in [0.05, 0.1) is 13.3 Å². The summed E-state index contributed by atoms with van der Waals surface area (Å²) in [5, 5.41) is 4.16. The van der Waals surface area contributed by atoms with Crippen molar-refractivity contribution in [2.75, 3.05) is 12.5 Å². The van der Waals surface area contributed by atoms with Gasteiger partial charge in [-0.05, 0) is 24.6 Å². The summed E-state index contributed by atoms with van der Waals surface area (Å²) in [6.07, 6.45) is 1.62. The molecule has 0 amide bonds. The van der Waals surface area contributed by atoms with E-state index in [9.17, 15) is 9.59 Å². The van der Waals surface area contributed by atoms with Gasteiger partial charge in [0, 0.05) is 20.6 Å². The first-order valence-electron chi connectivity index (χ1n) is 8.07. The first kappa shape index (κ1) is 17.5. The molecule has 0 radical (unpaired) electrons. The molecule has 3 rings (SSSR count). The van der Waals surface area contributed by atoms with Crippen LogP contribution in [0.3, 0.4) is 0 Å². The van der Waals surface area contributed by atoms with Gasteiger partial charge in [0.1, 0.15) is 5.75 Å². The second kappa shape index (κ2) is 6.87. The maximum atomic E-state index is 12.5. The Morgan fingerprint density at radius 2 is 2.04 bits per heavy atom. The normalized spacial score (nSPS) is 11.4. The average Bonchev–Trinajstić information content (AvgIpc) is 2.97. The molecule has 0 aliphatic heterocycles. The zero-order valence-electron chi connectivity index (χ0n) is 15.1. The molecule has 2 heterocycles. The molecule has 9 heteroatoms. The Hall–Kier alpha value is -3.36. The van der Waals surface area contributed by atoms with Crippen LogP contribution in [-0.4, -0.2) is 32.0 Å². The van der Waals surface area contributed by atoms with Gasteiger partial charge in [-0.3, -0.25) is 13.9 Å². The van der Waals surface area contributed by atoms with E-state index in [4.69, 9.17) is 4.74 Å². The number of imidazole rings is 1. The van der Waals surface area contributed by atoms with Gasteiger partial charge in [0.25, 0.3) is 5.56 Å². The molecule has 2 aromatic heterocycles. The van der Waals surface area contributed by atoms with Crippen LogP contribution in [0.4, 0.5) is 5.95 Å². The van der Waals surface area contributed by atoms with Gasteiger partial charge in [-0.15, -0.1) is 0 Å². The lowest BCUT2D eigenvalue weighted by molar-refractivity contribution is 0.415. The van der Waals surface area contributed by atoms with E-state index in [0.29, 0.717) is 23.7 Å². The fourth-order valence-electron chi connectivity index (χ4n) is 2.71. The van der Waals surface area contributed by atoms with Crippen LogP contribution in [0.5, 0.6) is 5.75 Å². The summed E-state index contributed by atoms with van der Waals surface area (Å²) in [4.78, 5) is 29.1. The lowest BCUT2D eigenvalue weighted by Gasteiger charge is -2.05. The van der Waals surface area contributed by atoms with Crippen molar-refractivity contribution in [2.45, 2.75) is 13.5 Å². The lowest BCUT2D eigenvalue weighted by atomic mass is 10.2. The van der Waals surface area contributed by atoms with Gasteiger partial charge >= 0.3 is 5.69 Å². The fourth-order valence-corrected chi connectivity index (χ4v) is 2.71. The maximum Gasteiger partial charge on any atom is 0.332 e. The topological polar surface area (TPSA) is 95.4 Å². The Kier molecular flexibility index (Phi) is 4.61.